The van der Waals surface area contributed by atoms with Crippen molar-refractivity contribution in [2.75, 3.05) is 6.54 Å². The normalized spacial score (nSPS) is 24.9. The second kappa shape index (κ2) is 15.3. The number of rotatable bonds is 15. The first kappa shape index (κ1) is 27.7. The summed E-state index contributed by atoms with van der Waals surface area (Å²) in [6.45, 7) is 4.83. The minimum Gasteiger partial charge on any atom is -0.408 e. The summed E-state index contributed by atoms with van der Waals surface area (Å²) < 4.78 is 12.7. The second-order valence-corrected chi connectivity index (χ2v) is 9.93. The van der Waals surface area contributed by atoms with Crippen LogP contribution >= 0.6 is 0 Å². The molecule has 1 aromatic carbocycles. The molecule has 5 atom stereocenters. The summed E-state index contributed by atoms with van der Waals surface area (Å²) >= 11 is 0. The predicted octanol–water partition coefficient (Wildman–Crippen LogP) is 5.50. The Morgan fingerprint density at radius 1 is 1.17 bits per heavy atom. The lowest BCUT2D eigenvalue weighted by Gasteiger charge is -2.27. The van der Waals surface area contributed by atoms with E-state index in [1.54, 1.807) is 0 Å². The molecule has 1 amide bonds. The van der Waals surface area contributed by atoms with E-state index in [0.717, 1.165) is 51.3 Å². The average Bonchev–Trinajstić information content (AvgIpc) is 3.11. The van der Waals surface area contributed by atoms with Gasteiger partial charge in [-0.1, -0.05) is 74.4 Å². The molecule has 1 aliphatic heterocycles. The fourth-order valence-electron chi connectivity index (χ4n) is 5.24. The number of aliphatic hydroxyl groups is 1. The van der Waals surface area contributed by atoms with Gasteiger partial charge >= 0.3 is 7.12 Å². The van der Waals surface area contributed by atoms with Crippen LogP contribution in [0.4, 0.5) is 0 Å². The van der Waals surface area contributed by atoms with E-state index < -0.39 is 6.10 Å². The largest absolute Gasteiger partial charge is 0.457 e. The average molecular weight is 481 g/mol. The SMILES string of the molecule is CCCCB1O[C@H]2C[C@@H](O1)[C@H](/C=C/[C@@H](O)CCc1ccccc1)[C@H]2C/C=C\CCCC(=O)NCC. The van der Waals surface area contributed by atoms with Crippen LogP contribution in [0.25, 0.3) is 0 Å². The number of allylic oxidation sites excluding steroid dienone is 2. The van der Waals surface area contributed by atoms with Gasteiger partial charge in [-0.15, -0.1) is 0 Å². The van der Waals surface area contributed by atoms with Gasteiger partial charge in [-0.05, 0) is 63.3 Å². The van der Waals surface area contributed by atoms with Crippen molar-refractivity contribution in [3.63, 3.8) is 0 Å². The van der Waals surface area contributed by atoms with Gasteiger partial charge in [0, 0.05) is 25.0 Å². The molecule has 3 rings (SSSR count). The molecule has 1 saturated heterocycles. The number of fused-ring (bicyclic) bond motifs is 2. The molecular weight excluding hydrogens is 437 g/mol. The third-order valence-electron chi connectivity index (χ3n) is 7.16. The topological polar surface area (TPSA) is 67.8 Å². The van der Waals surface area contributed by atoms with Gasteiger partial charge in [0.15, 0.2) is 0 Å². The Kier molecular flexibility index (Phi) is 12.1. The molecule has 35 heavy (non-hydrogen) atoms. The Hall–Kier alpha value is -1.89. The molecule has 5 nitrogen and oxygen atoms in total. The number of amides is 1. The summed E-state index contributed by atoms with van der Waals surface area (Å²) in [6, 6.07) is 10.3. The van der Waals surface area contributed by atoms with Gasteiger partial charge in [0.1, 0.15) is 0 Å². The van der Waals surface area contributed by atoms with Gasteiger partial charge in [-0.3, -0.25) is 4.79 Å². The maximum Gasteiger partial charge on any atom is 0.457 e. The minimum absolute atomic E-state index is 0.108. The van der Waals surface area contributed by atoms with E-state index in [2.05, 4.69) is 42.6 Å². The highest BCUT2D eigenvalue weighted by Crippen LogP contribution is 2.44. The van der Waals surface area contributed by atoms with Crippen LogP contribution in [0.15, 0.2) is 54.6 Å². The molecule has 0 unspecified atom stereocenters. The molecule has 2 fully saturated rings. The van der Waals surface area contributed by atoms with Crippen molar-refractivity contribution >= 4 is 13.0 Å². The fourth-order valence-corrected chi connectivity index (χ4v) is 5.24. The molecule has 192 valence electrons. The van der Waals surface area contributed by atoms with Crippen LogP contribution in [-0.4, -0.2) is 43.0 Å². The molecule has 1 aliphatic carbocycles. The van der Waals surface area contributed by atoms with E-state index in [9.17, 15) is 9.90 Å². The van der Waals surface area contributed by atoms with E-state index in [1.807, 2.05) is 31.2 Å². The maximum atomic E-state index is 11.6. The lowest BCUT2D eigenvalue weighted by atomic mass is 9.80. The van der Waals surface area contributed by atoms with Crippen molar-refractivity contribution in [3.05, 3.63) is 60.2 Å². The predicted molar refractivity (Wildman–Crippen MR) is 143 cm³/mol. The van der Waals surface area contributed by atoms with Crippen LogP contribution in [0.5, 0.6) is 0 Å². The van der Waals surface area contributed by atoms with Gasteiger partial charge in [0.2, 0.25) is 5.91 Å². The van der Waals surface area contributed by atoms with E-state index in [0.29, 0.717) is 25.3 Å². The van der Waals surface area contributed by atoms with E-state index in [-0.39, 0.29) is 31.2 Å². The molecule has 0 spiro atoms. The number of nitrogens with one attached hydrogen (secondary N) is 1. The van der Waals surface area contributed by atoms with Crippen molar-refractivity contribution in [1.29, 1.82) is 0 Å². The fraction of sp³-hybridized carbons (Fsp3) is 0.621. The number of carbonyl (C=O) groups is 1. The van der Waals surface area contributed by atoms with Gasteiger partial charge in [-0.25, -0.2) is 0 Å². The molecule has 1 heterocycles. The Morgan fingerprint density at radius 3 is 2.74 bits per heavy atom. The smallest absolute Gasteiger partial charge is 0.408 e. The highest BCUT2D eigenvalue weighted by atomic mass is 16.6. The summed E-state index contributed by atoms with van der Waals surface area (Å²) in [6.07, 6.45) is 17.5. The molecule has 6 heteroatoms. The van der Waals surface area contributed by atoms with E-state index >= 15 is 0 Å². The van der Waals surface area contributed by atoms with Gasteiger partial charge < -0.3 is 19.7 Å². The summed E-state index contributed by atoms with van der Waals surface area (Å²) in [5.41, 5.74) is 1.25. The van der Waals surface area contributed by atoms with Crippen molar-refractivity contribution in [2.24, 2.45) is 11.8 Å². The highest BCUT2D eigenvalue weighted by Gasteiger charge is 2.49. The van der Waals surface area contributed by atoms with E-state index in [4.69, 9.17) is 9.31 Å². The number of benzene rings is 1. The number of unbranched alkanes of at least 4 members (excludes halogenated alkanes) is 2. The standard InChI is InChI=1S/C29H44BNO4/c1-3-5-21-30-34-27-22-28(35-30)26(20-19-24(32)18-17-23-13-9-8-10-14-23)25(27)15-11-6-7-12-16-29(33)31-4-2/h6,8-11,13-14,19-20,24-28,32H,3-5,7,12,15-18,21-22H2,1-2H3,(H,31,33)/b11-6-,20-19+/t24-,25+,26+,27-,28+/m0/s1. The number of aryl methyl sites for hydroxylation is 1. The Morgan fingerprint density at radius 2 is 1.97 bits per heavy atom. The Labute approximate surface area is 212 Å². The summed E-state index contributed by atoms with van der Waals surface area (Å²) in [5.74, 6) is 0.729. The lowest BCUT2D eigenvalue weighted by molar-refractivity contribution is -0.121. The van der Waals surface area contributed by atoms with Gasteiger partial charge in [-0.2, -0.15) is 0 Å². The molecule has 0 radical (unpaired) electrons. The summed E-state index contributed by atoms with van der Waals surface area (Å²) in [4.78, 5) is 11.6. The van der Waals surface area contributed by atoms with Crippen LogP contribution in [0.2, 0.25) is 6.32 Å². The van der Waals surface area contributed by atoms with Crippen molar-refractivity contribution in [2.45, 2.75) is 96.3 Å². The van der Waals surface area contributed by atoms with Gasteiger partial charge in [0.05, 0.1) is 12.2 Å². The number of hydrogen-bond acceptors (Lipinski definition) is 4. The molecular formula is C29H44BNO4. The first-order chi connectivity index (χ1) is 17.1. The van der Waals surface area contributed by atoms with Crippen molar-refractivity contribution < 1.29 is 19.2 Å². The third kappa shape index (κ3) is 9.25. The lowest BCUT2D eigenvalue weighted by Crippen LogP contribution is -2.37. The summed E-state index contributed by atoms with van der Waals surface area (Å²) in [5, 5.41) is 13.5. The monoisotopic (exact) mass is 481 g/mol. The Bertz CT molecular complexity index is 799. The summed E-state index contributed by atoms with van der Waals surface area (Å²) in [7, 11) is -0.108. The minimum atomic E-state index is -0.460. The zero-order chi connectivity index (χ0) is 24.9. The molecule has 2 aliphatic rings. The van der Waals surface area contributed by atoms with Crippen molar-refractivity contribution in [1.82, 2.24) is 5.32 Å². The van der Waals surface area contributed by atoms with Crippen molar-refractivity contribution in [3.8, 4) is 0 Å². The molecule has 1 aromatic rings. The quantitative estimate of drug-likeness (QED) is 0.197. The second-order valence-electron chi connectivity index (χ2n) is 9.93. The molecule has 2 bridgehead atoms. The third-order valence-corrected chi connectivity index (χ3v) is 7.16. The van der Waals surface area contributed by atoms with Crippen LogP contribution in [0.3, 0.4) is 0 Å². The zero-order valence-corrected chi connectivity index (χ0v) is 21.6. The highest BCUT2D eigenvalue weighted by molar-refractivity contribution is 6.44. The number of carbonyl (C=O) groups excluding carboxylic acids is 1. The number of hydrogen-bond donors (Lipinski definition) is 2. The van der Waals surface area contributed by atoms with E-state index in [1.165, 1.54) is 5.56 Å². The first-order valence-electron chi connectivity index (χ1n) is 13.7. The van der Waals surface area contributed by atoms with Crippen LogP contribution < -0.4 is 5.32 Å². The maximum absolute atomic E-state index is 11.6. The molecule has 0 aromatic heterocycles. The first-order valence-corrected chi connectivity index (χ1v) is 13.7. The molecule has 1 saturated carbocycles. The van der Waals surface area contributed by atoms with Crippen LogP contribution in [0, 0.1) is 11.8 Å². The number of aliphatic hydroxyl groups excluding tert-OH is 1. The zero-order valence-electron chi connectivity index (χ0n) is 21.6. The van der Waals surface area contributed by atoms with Gasteiger partial charge in [0.25, 0.3) is 0 Å². The Balaban J connectivity index is 1.55. The van der Waals surface area contributed by atoms with Crippen LogP contribution in [-0.2, 0) is 20.5 Å². The van der Waals surface area contributed by atoms with Crippen LogP contribution in [0.1, 0.15) is 70.8 Å². The molecule has 2 N–H and O–H groups in total.